The Labute approximate surface area is 178 Å². The first kappa shape index (κ1) is 19.1. The molecule has 0 saturated carbocycles. The number of aromatic nitrogens is 1. The van der Waals surface area contributed by atoms with Crippen molar-refractivity contribution >= 4 is 40.1 Å². The fraction of sp³-hybridized carbons (Fsp3) is 0. The van der Waals surface area contributed by atoms with Crippen LogP contribution in [0.2, 0.25) is 5.02 Å². The molecule has 142 valence electrons. The van der Waals surface area contributed by atoms with Gasteiger partial charge in [0.2, 0.25) is 5.91 Å². The molecule has 5 heteroatoms. The normalized spacial score (nSPS) is 10.9. The molecule has 0 bridgehead atoms. The van der Waals surface area contributed by atoms with Crippen molar-refractivity contribution in [3.8, 4) is 22.4 Å². The molecule has 29 heavy (non-hydrogen) atoms. The molecule has 1 aromatic heterocycles. The average molecular weight is 417 g/mol. The third-order valence-corrected chi connectivity index (χ3v) is 5.33. The van der Waals surface area contributed by atoms with Gasteiger partial charge in [-0.15, -0.1) is 11.3 Å². The van der Waals surface area contributed by atoms with Crippen LogP contribution >= 0.6 is 22.9 Å². The van der Waals surface area contributed by atoms with Gasteiger partial charge in [0, 0.05) is 22.0 Å². The topological polar surface area (TPSA) is 42.0 Å². The summed E-state index contributed by atoms with van der Waals surface area (Å²) in [6, 6.07) is 25.8. The van der Waals surface area contributed by atoms with Crippen LogP contribution in [-0.4, -0.2) is 10.9 Å². The molecule has 3 aromatic carbocycles. The Hall–Kier alpha value is -3.21. The molecule has 0 radical (unpaired) electrons. The number of hydrogen-bond acceptors (Lipinski definition) is 3. The second kappa shape index (κ2) is 8.86. The molecule has 1 N–H and O–H groups in total. The molecule has 0 atom stereocenters. The Bertz CT molecular complexity index is 1130. The molecule has 1 heterocycles. The highest BCUT2D eigenvalue weighted by Crippen LogP contribution is 2.27. The fourth-order valence-corrected chi connectivity index (χ4v) is 3.67. The van der Waals surface area contributed by atoms with Crippen LogP contribution in [0.25, 0.3) is 28.5 Å². The Morgan fingerprint density at radius 1 is 0.862 bits per heavy atom. The number of amides is 1. The van der Waals surface area contributed by atoms with Gasteiger partial charge in [0.25, 0.3) is 0 Å². The van der Waals surface area contributed by atoms with E-state index in [9.17, 15) is 4.79 Å². The first-order valence-corrected chi connectivity index (χ1v) is 10.3. The molecule has 4 aromatic rings. The highest BCUT2D eigenvalue weighted by atomic mass is 35.5. The maximum atomic E-state index is 12.1. The zero-order chi connectivity index (χ0) is 20.1. The molecule has 0 aliphatic carbocycles. The second-order valence-corrected chi connectivity index (χ2v) is 7.65. The summed E-state index contributed by atoms with van der Waals surface area (Å²) in [6.45, 7) is 0. The van der Waals surface area contributed by atoms with Crippen LogP contribution in [0.4, 0.5) is 5.13 Å². The average Bonchev–Trinajstić information content (AvgIpc) is 3.22. The van der Waals surface area contributed by atoms with Crippen LogP contribution < -0.4 is 5.32 Å². The lowest BCUT2D eigenvalue weighted by atomic mass is 10.0. The zero-order valence-electron chi connectivity index (χ0n) is 15.4. The van der Waals surface area contributed by atoms with Crippen LogP contribution in [0, 0.1) is 0 Å². The standard InChI is InChI=1S/C24H17ClN2OS/c25-21-13-6-17(7-14-21)8-15-23(28)27-24-26-22(16-29-24)20-11-9-19(10-12-20)18-4-2-1-3-5-18/h1-16H,(H,26,27,28)/b15-8+. The SMILES string of the molecule is O=C(/C=C/c1ccc(Cl)cc1)Nc1nc(-c2ccc(-c3ccccc3)cc2)cs1. The Balaban J connectivity index is 1.41. The van der Waals surface area contributed by atoms with Crippen LogP contribution in [0.15, 0.2) is 90.3 Å². The largest absolute Gasteiger partial charge is 0.298 e. The maximum absolute atomic E-state index is 12.1. The molecule has 0 aliphatic heterocycles. The molecule has 0 saturated heterocycles. The lowest BCUT2D eigenvalue weighted by molar-refractivity contribution is -0.111. The third kappa shape index (κ3) is 4.99. The molecule has 0 unspecified atom stereocenters. The Morgan fingerprint density at radius 3 is 2.24 bits per heavy atom. The Morgan fingerprint density at radius 2 is 1.52 bits per heavy atom. The van der Waals surface area contributed by atoms with Crippen molar-refractivity contribution in [3.05, 3.63) is 101 Å². The number of thiazole rings is 1. The summed E-state index contributed by atoms with van der Waals surface area (Å²) in [7, 11) is 0. The van der Waals surface area contributed by atoms with Gasteiger partial charge >= 0.3 is 0 Å². The van der Waals surface area contributed by atoms with Crippen LogP contribution in [0.1, 0.15) is 5.56 Å². The fourth-order valence-electron chi connectivity index (χ4n) is 2.82. The number of nitrogens with one attached hydrogen (secondary N) is 1. The molecule has 3 nitrogen and oxygen atoms in total. The minimum absolute atomic E-state index is 0.222. The summed E-state index contributed by atoms with van der Waals surface area (Å²) in [5, 5.41) is 5.98. The van der Waals surface area contributed by atoms with Gasteiger partial charge < -0.3 is 0 Å². The predicted molar refractivity (Wildman–Crippen MR) is 122 cm³/mol. The van der Waals surface area contributed by atoms with E-state index in [0.717, 1.165) is 22.4 Å². The van der Waals surface area contributed by atoms with Gasteiger partial charge in [0.15, 0.2) is 5.13 Å². The third-order valence-electron chi connectivity index (χ3n) is 4.32. The maximum Gasteiger partial charge on any atom is 0.250 e. The minimum atomic E-state index is -0.222. The van der Waals surface area contributed by atoms with Gasteiger partial charge in [-0.2, -0.15) is 0 Å². The minimum Gasteiger partial charge on any atom is -0.298 e. The molecule has 1 amide bonds. The summed E-state index contributed by atoms with van der Waals surface area (Å²) in [6.07, 6.45) is 3.22. The van der Waals surface area contributed by atoms with Gasteiger partial charge in [-0.1, -0.05) is 78.3 Å². The Kier molecular flexibility index (Phi) is 5.84. The van der Waals surface area contributed by atoms with Gasteiger partial charge in [-0.3, -0.25) is 10.1 Å². The van der Waals surface area contributed by atoms with Crippen molar-refractivity contribution in [2.24, 2.45) is 0 Å². The monoisotopic (exact) mass is 416 g/mol. The molecule has 0 spiro atoms. The number of benzene rings is 3. The van der Waals surface area contributed by atoms with Crippen LogP contribution in [0.5, 0.6) is 0 Å². The number of hydrogen-bond donors (Lipinski definition) is 1. The van der Waals surface area contributed by atoms with Crippen molar-refractivity contribution in [2.75, 3.05) is 5.32 Å². The number of halogens is 1. The summed E-state index contributed by atoms with van der Waals surface area (Å²) < 4.78 is 0. The molecular weight excluding hydrogens is 400 g/mol. The van der Waals surface area contributed by atoms with E-state index in [1.165, 1.54) is 23.0 Å². The zero-order valence-corrected chi connectivity index (χ0v) is 17.0. The molecular formula is C24H17ClN2OS. The van der Waals surface area contributed by atoms with Gasteiger partial charge in [0.1, 0.15) is 0 Å². The highest BCUT2D eigenvalue weighted by Gasteiger charge is 2.07. The van der Waals surface area contributed by atoms with E-state index in [1.807, 2.05) is 47.8 Å². The predicted octanol–water partition coefficient (Wildman–Crippen LogP) is 6.78. The first-order chi connectivity index (χ1) is 14.2. The number of carbonyl (C=O) groups excluding carboxylic acids is 1. The summed E-state index contributed by atoms with van der Waals surface area (Å²) >= 11 is 7.27. The number of anilines is 1. The van der Waals surface area contributed by atoms with Crippen LogP contribution in [-0.2, 0) is 4.79 Å². The van der Waals surface area contributed by atoms with Crippen molar-refractivity contribution in [3.63, 3.8) is 0 Å². The first-order valence-electron chi connectivity index (χ1n) is 9.03. The van der Waals surface area contributed by atoms with Crippen LogP contribution in [0.3, 0.4) is 0 Å². The van der Waals surface area contributed by atoms with E-state index in [-0.39, 0.29) is 5.91 Å². The van der Waals surface area contributed by atoms with Crippen molar-refractivity contribution in [1.82, 2.24) is 4.98 Å². The van der Waals surface area contributed by atoms with Crippen molar-refractivity contribution in [2.45, 2.75) is 0 Å². The van der Waals surface area contributed by atoms with Gasteiger partial charge in [0.05, 0.1) is 5.69 Å². The van der Waals surface area contributed by atoms with E-state index in [1.54, 1.807) is 18.2 Å². The second-order valence-electron chi connectivity index (χ2n) is 6.36. The van der Waals surface area contributed by atoms with E-state index >= 15 is 0 Å². The number of nitrogens with zero attached hydrogens (tertiary/aromatic N) is 1. The van der Waals surface area contributed by atoms with E-state index in [4.69, 9.17) is 11.6 Å². The summed E-state index contributed by atoms with van der Waals surface area (Å²) in [5.41, 5.74) is 5.09. The number of carbonyl (C=O) groups is 1. The lowest BCUT2D eigenvalue weighted by Gasteiger charge is -2.03. The lowest BCUT2D eigenvalue weighted by Crippen LogP contribution is -2.07. The summed E-state index contributed by atoms with van der Waals surface area (Å²) in [4.78, 5) is 16.7. The van der Waals surface area contributed by atoms with Gasteiger partial charge in [-0.25, -0.2) is 4.98 Å². The smallest absolute Gasteiger partial charge is 0.250 e. The van der Waals surface area contributed by atoms with E-state index in [2.05, 4.69) is 34.6 Å². The van der Waals surface area contributed by atoms with Gasteiger partial charge in [-0.05, 0) is 34.9 Å². The molecule has 0 fully saturated rings. The number of rotatable bonds is 5. The molecule has 0 aliphatic rings. The van der Waals surface area contributed by atoms with E-state index < -0.39 is 0 Å². The molecule has 4 rings (SSSR count). The van der Waals surface area contributed by atoms with Crippen molar-refractivity contribution in [1.29, 1.82) is 0 Å². The summed E-state index contributed by atoms with van der Waals surface area (Å²) in [5.74, 6) is -0.222. The quantitative estimate of drug-likeness (QED) is 0.364. The van der Waals surface area contributed by atoms with Crippen molar-refractivity contribution < 1.29 is 4.79 Å². The van der Waals surface area contributed by atoms with E-state index in [0.29, 0.717) is 10.2 Å². The highest BCUT2D eigenvalue weighted by molar-refractivity contribution is 7.14.